The molecule has 1 atom stereocenters. The second-order valence-electron chi connectivity index (χ2n) is 4.95. The van der Waals surface area contributed by atoms with E-state index in [-0.39, 0.29) is 6.10 Å². The minimum atomic E-state index is -0.257. The molecule has 0 spiro atoms. The first kappa shape index (κ1) is 13.8. The Labute approximate surface area is 114 Å². The fourth-order valence-electron chi connectivity index (χ4n) is 1.87. The number of furan rings is 1. The van der Waals surface area contributed by atoms with Gasteiger partial charge in [0.05, 0.1) is 12.6 Å². The predicted molar refractivity (Wildman–Crippen MR) is 76.9 cm³/mol. The minimum Gasteiger partial charge on any atom is -0.460 e. The van der Waals surface area contributed by atoms with Gasteiger partial charge in [0.15, 0.2) is 0 Å². The number of benzene rings is 1. The fourth-order valence-corrected chi connectivity index (χ4v) is 1.87. The molecule has 0 amide bonds. The van der Waals surface area contributed by atoms with Crippen LogP contribution < -0.4 is 5.32 Å². The van der Waals surface area contributed by atoms with Crippen LogP contribution in [0.1, 0.15) is 24.7 Å². The summed E-state index contributed by atoms with van der Waals surface area (Å²) in [4.78, 5) is 0. The van der Waals surface area contributed by atoms with Gasteiger partial charge in [-0.2, -0.15) is 0 Å². The molecule has 0 aliphatic carbocycles. The third kappa shape index (κ3) is 4.23. The van der Waals surface area contributed by atoms with Gasteiger partial charge in [0.25, 0.3) is 0 Å². The third-order valence-corrected chi connectivity index (χ3v) is 3.04. The van der Waals surface area contributed by atoms with E-state index in [1.807, 2.05) is 12.1 Å². The average molecular weight is 259 g/mol. The van der Waals surface area contributed by atoms with Crippen molar-refractivity contribution in [3.63, 3.8) is 0 Å². The quantitative estimate of drug-likeness (QED) is 0.783. The van der Waals surface area contributed by atoms with Crippen LogP contribution in [0.15, 0.2) is 40.8 Å². The van der Waals surface area contributed by atoms with Gasteiger partial charge in [-0.25, -0.2) is 0 Å². The first-order valence-corrected chi connectivity index (χ1v) is 6.69. The molecule has 19 heavy (non-hydrogen) atoms. The van der Waals surface area contributed by atoms with Gasteiger partial charge in [-0.05, 0) is 38.9 Å². The van der Waals surface area contributed by atoms with Gasteiger partial charge in [0, 0.05) is 5.56 Å². The summed E-state index contributed by atoms with van der Waals surface area (Å²) in [6, 6.07) is 12.3. The maximum Gasteiger partial charge on any atom is 0.134 e. The van der Waals surface area contributed by atoms with Gasteiger partial charge in [0.1, 0.15) is 11.5 Å². The van der Waals surface area contributed by atoms with Gasteiger partial charge in [0.2, 0.25) is 0 Å². The Morgan fingerprint density at radius 2 is 1.89 bits per heavy atom. The van der Waals surface area contributed by atoms with Gasteiger partial charge in [-0.15, -0.1) is 0 Å². The Bertz CT molecular complexity index is 500. The van der Waals surface area contributed by atoms with E-state index in [0.29, 0.717) is 6.54 Å². The molecule has 2 aromatic rings. The number of hydrogen-bond acceptors (Lipinski definition) is 3. The predicted octanol–water partition coefficient (Wildman–Crippen LogP) is 3.12. The van der Waals surface area contributed by atoms with Crippen LogP contribution in [0.2, 0.25) is 0 Å². The average Bonchev–Trinajstić information content (AvgIpc) is 2.84. The summed E-state index contributed by atoms with van der Waals surface area (Å²) in [6.45, 7) is 5.35. The van der Waals surface area contributed by atoms with Crippen molar-refractivity contribution in [1.82, 2.24) is 5.32 Å². The van der Waals surface area contributed by atoms with Crippen molar-refractivity contribution in [3.05, 3.63) is 47.7 Å². The Hall–Kier alpha value is -1.58. The molecule has 0 saturated carbocycles. The number of hydrogen-bond donors (Lipinski definition) is 2. The SMILES string of the molecule is Cc1ccc(-c2ccc(CNCCC(C)O)o2)cc1. The van der Waals surface area contributed by atoms with Crippen LogP contribution in [0, 0.1) is 6.92 Å². The van der Waals surface area contributed by atoms with Crippen LogP contribution in [-0.4, -0.2) is 17.8 Å². The smallest absolute Gasteiger partial charge is 0.134 e. The van der Waals surface area contributed by atoms with E-state index in [2.05, 4.69) is 36.5 Å². The van der Waals surface area contributed by atoms with Gasteiger partial charge >= 0.3 is 0 Å². The number of nitrogens with one attached hydrogen (secondary N) is 1. The van der Waals surface area contributed by atoms with Gasteiger partial charge in [-0.3, -0.25) is 0 Å². The summed E-state index contributed by atoms with van der Waals surface area (Å²) < 4.78 is 5.79. The van der Waals surface area contributed by atoms with E-state index < -0.39 is 0 Å². The zero-order valence-corrected chi connectivity index (χ0v) is 11.5. The topological polar surface area (TPSA) is 45.4 Å². The van der Waals surface area contributed by atoms with E-state index in [0.717, 1.165) is 30.0 Å². The first-order chi connectivity index (χ1) is 9.15. The van der Waals surface area contributed by atoms with Crippen LogP contribution in [0.25, 0.3) is 11.3 Å². The van der Waals surface area contributed by atoms with E-state index in [4.69, 9.17) is 9.52 Å². The Morgan fingerprint density at radius 1 is 1.16 bits per heavy atom. The van der Waals surface area contributed by atoms with Crippen molar-refractivity contribution in [2.45, 2.75) is 32.9 Å². The second kappa shape index (κ2) is 6.55. The number of rotatable bonds is 6. The van der Waals surface area contributed by atoms with E-state index >= 15 is 0 Å². The molecular weight excluding hydrogens is 238 g/mol. The molecule has 0 fully saturated rings. The minimum absolute atomic E-state index is 0.257. The number of aliphatic hydroxyl groups is 1. The third-order valence-electron chi connectivity index (χ3n) is 3.04. The molecule has 2 N–H and O–H groups in total. The molecule has 102 valence electrons. The zero-order valence-electron chi connectivity index (χ0n) is 11.5. The summed E-state index contributed by atoms with van der Waals surface area (Å²) in [6.07, 6.45) is 0.498. The molecule has 2 rings (SSSR count). The summed E-state index contributed by atoms with van der Waals surface area (Å²) in [5, 5.41) is 12.4. The standard InChI is InChI=1S/C16H21NO2/c1-12-3-5-14(6-4-12)16-8-7-15(19-16)11-17-10-9-13(2)18/h3-8,13,17-18H,9-11H2,1-2H3. The van der Waals surface area contributed by atoms with E-state index in [9.17, 15) is 0 Å². The highest BCUT2D eigenvalue weighted by Crippen LogP contribution is 2.22. The Balaban J connectivity index is 1.90. The van der Waals surface area contributed by atoms with Crippen molar-refractivity contribution < 1.29 is 9.52 Å². The summed E-state index contributed by atoms with van der Waals surface area (Å²) in [7, 11) is 0. The van der Waals surface area contributed by atoms with Crippen LogP contribution in [0.4, 0.5) is 0 Å². The molecule has 1 heterocycles. The molecule has 0 aliphatic rings. The van der Waals surface area contributed by atoms with Gasteiger partial charge in [-0.1, -0.05) is 29.8 Å². The highest BCUT2D eigenvalue weighted by Gasteiger charge is 2.04. The molecule has 3 nitrogen and oxygen atoms in total. The fraction of sp³-hybridized carbons (Fsp3) is 0.375. The summed E-state index contributed by atoms with van der Waals surface area (Å²) in [5.41, 5.74) is 2.34. The molecule has 3 heteroatoms. The molecule has 0 saturated heterocycles. The normalized spacial score (nSPS) is 12.6. The Kier molecular flexibility index (Phi) is 4.77. The van der Waals surface area contributed by atoms with Crippen molar-refractivity contribution in [2.75, 3.05) is 6.54 Å². The van der Waals surface area contributed by atoms with Crippen molar-refractivity contribution in [1.29, 1.82) is 0 Å². The van der Waals surface area contributed by atoms with Crippen molar-refractivity contribution in [3.8, 4) is 11.3 Å². The van der Waals surface area contributed by atoms with Crippen LogP contribution in [0.3, 0.4) is 0 Å². The highest BCUT2D eigenvalue weighted by molar-refractivity contribution is 5.57. The van der Waals surface area contributed by atoms with Crippen LogP contribution in [-0.2, 0) is 6.54 Å². The Morgan fingerprint density at radius 3 is 2.58 bits per heavy atom. The molecule has 0 bridgehead atoms. The van der Waals surface area contributed by atoms with Crippen LogP contribution in [0.5, 0.6) is 0 Å². The maximum atomic E-state index is 9.16. The molecular formula is C16H21NO2. The van der Waals surface area contributed by atoms with E-state index in [1.54, 1.807) is 6.92 Å². The monoisotopic (exact) mass is 259 g/mol. The van der Waals surface area contributed by atoms with Crippen molar-refractivity contribution >= 4 is 0 Å². The van der Waals surface area contributed by atoms with Crippen LogP contribution >= 0.6 is 0 Å². The number of aliphatic hydroxyl groups excluding tert-OH is 1. The second-order valence-corrected chi connectivity index (χ2v) is 4.95. The lowest BCUT2D eigenvalue weighted by Gasteiger charge is -2.04. The van der Waals surface area contributed by atoms with Crippen molar-refractivity contribution in [2.24, 2.45) is 0 Å². The lowest BCUT2D eigenvalue weighted by Crippen LogP contribution is -2.18. The molecule has 1 aromatic heterocycles. The summed E-state index contributed by atoms with van der Waals surface area (Å²) in [5.74, 6) is 1.81. The maximum absolute atomic E-state index is 9.16. The zero-order chi connectivity index (χ0) is 13.7. The lowest BCUT2D eigenvalue weighted by molar-refractivity contribution is 0.183. The molecule has 1 aromatic carbocycles. The molecule has 0 radical (unpaired) electrons. The first-order valence-electron chi connectivity index (χ1n) is 6.69. The molecule has 1 unspecified atom stereocenters. The lowest BCUT2D eigenvalue weighted by atomic mass is 10.1. The molecule has 0 aliphatic heterocycles. The summed E-state index contributed by atoms with van der Waals surface area (Å²) >= 11 is 0. The largest absolute Gasteiger partial charge is 0.460 e. The van der Waals surface area contributed by atoms with E-state index in [1.165, 1.54) is 5.56 Å². The highest BCUT2D eigenvalue weighted by atomic mass is 16.3. The number of aryl methyl sites for hydroxylation is 1. The van der Waals surface area contributed by atoms with Gasteiger partial charge < -0.3 is 14.8 Å².